The first-order chi connectivity index (χ1) is 14.9. The topological polar surface area (TPSA) is 71.2 Å². The van der Waals surface area contributed by atoms with Crippen LogP contribution in [0.1, 0.15) is 21.5 Å². The van der Waals surface area contributed by atoms with Crippen molar-refractivity contribution in [3.8, 4) is 11.5 Å². The number of rotatable bonds is 4. The van der Waals surface area contributed by atoms with Crippen LogP contribution in [0.15, 0.2) is 83.0 Å². The van der Waals surface area contributed by atoms with E-state index < -0.39 is 11.8 Å². The highest BCUT2D eigenvalue weighted by Crippen LogP contribution is 2.31. The van der Waals surface area contributed by atoms with Gasteiger partial charge >= 0.3 is 5.97 Å². The predicted molar refractivity (Wildman–Crippen MR) is 117 cm³/mol. The summed E-state index contributed by atoms with van der Waals surface area (Å²) in [6, 6.07) is 19.7. The lowest BCUT2D eigenvalue weighted by atomic mass is 10.1. The Morgan fingerprint density at radius 3 is 2.13 bits per heavy atom. The van der Waals surface area contributed by atoms with E-state index in [1.54, 1.807) is 38.1 Å². The van der Waals surface area contributed by atoms with Gasteiger partial charge in [-0.15, -0.1) is 5.11 Å². The molecule has 0 bridgehead atoms. The maximum atomic E-state index is 13.1. The molecule has 1 N–H and O–H groups in total. The summed E-state index contributed by atoms with van der Waals surface area (Å²) in [7, 11) is 0. The van der Waals surface area contributed by atoms with Gasteiger partial charge < -0.3 is 9.84 Å². The van der Waals surface area contributed by atoms with Crippen LogP contribution in [-0.4, -0.2) is 11.1 Å². The highest BCUT2D eigenvalue weighted by atomic mass is 19.1. The number of fused-ring (bicyclic) bond motifs is 1. The third-order valence-corrected chi connectivity index (χ3v) is 4.86. The number of aryl methyl sites for hydroxylation is 2. The number of hydrogen-bond acceptors (Lipinski definition) is 5. The highest BCUT2D eigenvalue weighted by Gasteiger charge is 2.16. The monoisotopic (exact) mass is 414 g/mol. The van der Waals surface area contributed by atoms with Crippen molar-refractivity contribution in [2.45, 2.75) is 13.8 Å². The smallest absolute Gasteiger partial charge is 0.345 e. The van der Waals surface area contributed by atoms with Crippen molar-refractivity contribution in [3.05, 3.63) is 95.3 Å². The molecule has 0 aromatic heterocycles. The van der Waals surface area contributed by atoms with Gasteiger partial charge in [-0.1, -0.05) is 24.3 Å². The molecule has 0 amide bonds. The van der Waals surface area contributed by atoms with Crippen molar-refractivity contribution in [3.63, 3.8) is 0 Å². The lowest BCUT2D eigenvalue weighted by molar-refractivity contribution is 0.0735. The van der Waals surface area contributed by atoms with Crippen LogP contribution in [0.3, 0.4) is 0 Å². The van der Waals surface area contributed by atoms with Crippen molar-refractivity contribution in [2.75, 3.05) is 0 Å². The van der Waals surface area contributed by atoms with E-state index in [2.05, 4.69) is 10.2 Å². The summed E-state index contributed by atoms with van der Waals surface area (Å²) in [4.78, 5) is 12.9. The van der Waals surface area contributed by atoms with Gasteiger partial charge in [0.1, 0.15) is 23.0 Å². The maximum absolute atomic E-state index is 13.1. The second kappa shape index (κ2) is 8.36. The van der Waals surface area contributed by atoms with Crippen molar-refractivity contribution in [1.29, 1.82) is 0 Å². The second-order valence-corrected chi connectivity index (χ2v) is 7.19. The number of carbonyl (C=O) groups is 1. The fourth-order valence-electron chi connectivity index (χ4n) is 3.24. The Bertz CT molecular complexity index is 1290. The van der Waals surface area contributed by atoms with Gasteiger partial charge in [0.05, 0.1) is 11.3 Å². The maximum Gasteiger partial charge on any atom is 0.345 e. The Labute approximate surface area is 178 Å². The highest BCUT2D eigenvalue weighted by molar-refractivity contribution is 6.01. The first kappa shape index (κ1) is 20.2. The van der Waals surface area contributed by atoms with Crippen LogP contribution in [0, 0.1) is 19.7 Å². The number of nitrogens with zero attached hydrogens (tertiary/aromatic N) is 2. The molecular formula is C25H19FN2O3. The minimum Gasteiger partial charge on any atom is -0.507 e. The zero-order valence-electron chi connectivity index (χ0n) is 17.0. The fourth-order valence-corrected chi connectivity index (χ4v) is 3.24. The number of halogens is 1. The number of ether oxygens (including phenoxy) is 1. The van der Waals surface area contributed by atoms with Gasteiger partial charge in [-0.2, -0.15) is 5.11 Å². The van der Waals surface area contributed by atoms with Crippen LogP contribution in [0.2, 0.25) is 0 Å². The van der Waals surface area contributed by atoms with E-state index in [0.717, 1.165) is 10.8 Å². The lowest BCUT2D eigenvalue weighted by Gasteiger charge is -2.09. The quantitative estimate of drug-likeness (QED) is 0.223. The molecule has 6 heteroatoms. The fraction of sp³-hybridized carbons (Fsp3) is 0.0800. The van der Waals surface area contributed by atoms with E-state index >= 15 is 0 Å². The van der Waals surface area contributed by atoms with Gasteiger partial charge in [0.15, 0.2) is 0 Å². The van der Waals surface area contributed by atoms with Gasteiger partial charge in [0, 0.05) is 0 Å². The number of phenols is 1. The van der Waals surface area contributed by atoms with Crippen LogP contribution < -0.4 is 4.74 Å². The number of carbonyl (C=O) groups excluding carboxylic acids is 1. The van der Waals surface area contributed by atoms with Crippen molar-refractivity contribution in [1.82, 2.24) is 0 Å². The summed E-state index contributed by atoms with van der Waals surface area (Å²) in [6.45, 7) is 3.56. The van der Waals surface area contributed by atoms with Gasteiger partial charge in [-0.05, 0) is 84.3 Å². The van der Waals surface area contributed by atoms with Crippen LogP contribution >= 0.6 is 0 Å². The molecule has 0 aliphatic heterocycles. The van der Waals surface area contributed by atoms with Gasteiger partial charge in [-0.3, -0.25) is 0 Å². The molecule has 0 heterocycles. The average Bonchev–Trinajstić information content (AvgIpc) is 2.76. The molecule has 4 aromatic carbocycles. The minimum absolute atomic E-state index is 0.216. The Hall–Kier alpha value is -4.06. The van der Waals surface area contributed by atoms with Crippen molar-refractivity contribution < 1.29 is 19.0 Å². The zero-order chi connectivity index (χ0) is 22.0. The number of esters is 1. The van der Waals surface area contributed by atoms with Crippen LogP contribution in [0.5, 0.6) is 11.5 Å². The standard InChI is InChI=1S/C25H19FN2O3/c1-15-11-20(12-16(2)24(15)29)27-28-23-14-18-6-4-3-5-17(18)13-22(23)25(30)31-21-9-7-19(26)8-10-21/h3-14,29H,1-2H3/b28-27+. The van der Waals surface area contributed by atoms with E-state index in [1.807, 2.05) is 24.3 Å². The van der Waals surface area contributed by atoms with Gasteiger partial charge in [0.25, 0.3) is 0 Å². The van der Waals surface area contributed by atoms with Crippen LogP contribution in [-0.2, 0) is 0 Å². The largest absolute Gasteiger partial charge is 0.507 e. The molecule has 5 nitrogen and oxygen atoms in total. The molecule has 0 saturated carbocycles. The summed E-state index contributed by atoms with van der Waals surface area (Å²) in [5.41, 5.74) is 2.50. The van der Waals surface area contributed by atoms with Crippen LogP contribution in [0.4, 0.5) is 15.8 Å². The lowest BCUT2D eigenvalue weighted by Crippen LogP contribution is -2.08. The Kier molecular flexibility index (Phi) is 5.45. The molecule has 4 aromatic rings. The molecule has 0 unspecified atom stereocenters. The Morgan fingerprint density at radius 1 is 0.871 bits per heavy atom. The number of hydrogen-bond donors (Lipinski definition) is 1. The first-order valence-corrected chi connectivity index (χ1v) is 9.63. The predicted octanol–water partition coefficient (Wildman–Crippen LogP) is 6.94. The Balaban J connectivity index is 1.74. The summed E-state index contributed by atoms with van der Waals surface area (Å²) in [5, 5.41) is 20.3. The molecule has 0 spiro atoms. The third-order valence-electron chi connectivity index (χ3n) is 4.86. The van der Waals surface area contributed by atoms with Gasteiger partial charge in [-0.25, -0.2) is 9.18 Å². The molecule has 0 radical (unpaired) electrons. The molecule has 0 atom stereocenters. The zero-order valence-corrected chi connectivity index (χ0v) is 17.0. The molecular weight excluding hydrogens is 395 g/mol. The molecule has 0 fully saturated rings. The van der Waals surface area contributed by atoms with E-state index in [1.165, 1.54) is 24.3 Å². The number of azo groups is 1. The Morgan fingerprint density at radius 2 is 1.48 bits per heavy atom. The third kappa shape index (κ3) is 4.43. The van der Waals surface area contributed by atoms with Crippen molar-refractivity contribution in [2.24, 2.45) is 10.2 Å². The summed E-state index contributed by atoms with van der Waals surface area (Å²) >= 11 is 0. The SMILES string of the molecule is Cc1cc(/N=N/c2cc3ccccc3cc2C(=O)Oc2ccc(F)cc2)cc(C)c1O. The molecule has 154 valence electrons. The molecule has 4 rings (SSSR count). The first-order valence-electron chi connectivity index (χ1n) is 9.63. The summed E-state index contributed by atoms with van der Waals surface area (Å²) in [5.74, 6) is -0.593. The van der Waals surface area contributed by atoms with Crippen molar-refractivity contribution >= 4 is 28.1 Å². The number of benzene rings is 4. The van der Waals surface area contributed by atoms with Crippen LogP contribution in [0.25, 0.3) is 10.8 Å². The van der Waals surface area contributed by atoms with E-state index in [0.29, 0.717) is 22.5 Å². The molecule has 0 aliphatic carbocycles. The van der Waals surface area contributed by atoms with E-state index in [-0.39, 0.29) is 17.1 Å². The average molecular weight is 414 g/mol. The van der Waals surface area contributed by atoms with E-state index in [4.69, 9.17) is 4.74 Å². The van der Waals surface area contributed by atoms with E-state index in [9.17, 15) is 14.3 Å². The summed E-state index contributed by atoms with van der Waals surface area (Å²) < 4.78 is 18.6. The number of aromatic hydroxyl groups is 1. The second-order valence-electron chi connectivity index (χ2n) is 7.19. The minimum atomic E-state index is -0.621. The summed E-state index contributed by atoms with van der Waals surface area (Å²) in [6.07, 6.45) is 0. The normalized spacial score (nSPS) is 11.2. The molecule has 0 aliphatic rings. The van der Waals surface area contributed by atoms with Gasteiger partial charge in [0.2, 0.25) is 0 Å². The molecule has 0 saturated heterocycles. The molecule has 31 heavy (non-hydrogen) atoms. The number of phenolic OH excluding ortho intramolecular Hbond substituents is 1.